The summed E-state index contributed by atoms with van der Waals surface area (Å²) < 4.78 is 29.7. The third-order valence-corrected chi connectivity index (χ3v) is 2.81. The second kappa shape index (κ2) is 7.81. The van der Waals surface area contributed by atoms with E-state index in [2.05, 4.69) is 9.79 Å². The van der Waals surface area contributed by atoms with Crippen LogP contribution in [0.4, 0.5) is 16.2 Å². The highest BCUT2D eigenvalue weighted by atomic mass is 35.5. The molecule has 1 rings (SSSR count). The Balaban J connectivity index is 3.16. The molecule has 0 saturated carbocycles. The van der Waals surface area contributed by atoms with E-state index >= 15 is 0 Å². The summed E-state index contributed by atoms with van der Waals surface area (Å²) in [5.41, 5.74) is 0.687. The molecule has 21 heavy (non-hydrogen) atoms. The van der Waals surface area contributed by atoms with Crippen molar-refractivity contribution < 1.29 is 17.9 Å². The Morgan fingerprint density at radius 3 is 2.62 bits per heavy atom. The maximum Gasteiger partial charge on any atom is 0.411 e. The first-order valence-electron chi connectivity index (χ1n) is 5.86. The first-order valence-corrected chi connectivity index (χ1v) is 7.27. The lowest BCUT2D eigenvalue weighted by molar-refractivity contribution is 0.168. The van der Waals surface area contributed by atoms with Crippen LogP contribution >= 0.6 is 11.6 Å². The summed E-state index contributed by atoms with van der Waals surface area (Å²) in [5.74, 6) is 0. The van der Waals surface area contributed by atoms with Crippen molar-refractivity contribution in [3.8, 4) is 0 Å². The van der Waals surface area contributed by atoms with Gasteiger partial charge < -0.3 is 4.74 Å². The standard InChI is InChI=1S/C11H15ClN4O4S/c1-4-20-11(17)13-8-5-6-9(12)10(7-8)16(15(2)3)14-21(18)19/h5-7H,4H2,1-3H3,(H,13,17). The van der Waals surface area contributed by atoms with E-state index in [0.29, 0.717) is 11.4 Å². The molecule has 0 aliphatic heterocycles. The highest BCUT2D eigenvalue weighted by molar-refractivity contribution is 7.61. The lowest BCUT2D eigenvalue weighted by atomic mass is 10.3. The number of hydrazine groups is 1. The van der Waals surface area contributed by atoms with Crippen LogP contribution in [0.5, 0.6) is 0 Å². The van der Waals surface area contributed by atoms with Gasteiger partial charge in [-0.25, -0.2) is 9.80 Å². The molecule has 0 saturated heterocycles. The molecule has 0 radical (unpaired) electrons. The average Bonchev–Trinajstić information content (AvgIpc) is 2.38. The Morgan fingerprint density at radius 2 is 2.10 bits per heavy atom. The fraction of sp³-hybridized carbons (Fsp3) is 0.364. The Morgan fingerprint density at radius 1 is 1.43 bits per heavy atom. The number of nitrogens with zero attached hydrogens (tertiary/aromatic N) is 3. The molecule has 1 aromatic rings. The molecule has 0 atom stereocenters. The van der Waals surface area contributed by atoms with Gasteiger partial charge in [0.2, 0.25) is 0 Å². The molecule has 0 heterocycles. The van der Waals surface area contributed by atoms with Crippen molar-refractivity contribution in [1.29, 1.82) is 0 Å². The predicted octanol–water partition coefficient (Wildman–Crippen LogP) is 2.17. The fourth-order valence-corrected chi connectivity index (χ4v) is 1.98. The van der Waals surface area contributed by atoms with Crippen molar-refractivity contribution in [3.63, 3.8) is 0 Å². The fourth-order valence-electron chi connectivity index (χ4n) is 1.42. The van der Waals surface area contributed by atoms with Crippen molar-refractivity contribution >= 4 is 39.6 Å². The Bertz CT molecular complexity index is 640. The number of hydrogen-bond acceptors (Lipinski definition) is 6. The number of anilines is 2. The molecule has 0 spiro atoms. The summed E-state index contributed by atoms with van der Waals surface area (Å²) in [6.45, 7) is 1.92. The van der Waals surface area contributed by atoms with Crippen LogP contribution in [0.3, 0.4) is 0 Å². The number of hydrogen-bond donors (Lipinski definition) is 1. The highest BCUT2D eigenvalue weighted by Crippen LogP contribution is 2.30. The van der Waals surface area contributed by atoms with Crippen LogP contribution in [0, 0.1) is 0 Å². The number of nitrogens with one attached hydrogen (secondary N) is 1. The molecule has 8 nitrogen and oxygen atoms in total. The topological polar surface area (TPSA) is 91.3 Å². The molecular weight excluding hydrogens is 320 g/mol. The van der Waals surface area contributed by atoms with E-state index in [0.717, 1.165) is 5.12 Å². The Kier molecular flexibility index (Phi) is 6.40. The quantitative estimate of drug-likeness (QED) is 0.830. The molecule has 0 unspecified atom stereocenters. The number of benzene rings is 1. The molecular formula is C11H15ClN4O4S. The van der Waals surface area contributed by atoms with E-state index in [1.165, 1.54) is 17.1 Å². The number of halogens is 1. The average molecular weight is 335 g/mol. The van der Waals surface area contributed by atoms with Crippen molar-refractivity contribution in [1.82, 2.24) is 5.01 Å². The van der Waals surface area contributed by atoms with Gasteiger partial charge in [-0.3, -0.25) is 5.32 Å². The predicted molar refractivity (Wildman–Crippen MR) is 79.6 cm³/mol. The van der Waals surface area contributed by atoms with Gasteiger partial charge in [-0.2, -0.15) is 13.5 Å². The molecule has 0 aliphatic rings. The highest BCUT2D eigenvalue weighted by Gasteiger charge is 2.14. The van der Waals surface area contributed by atoms with E-state index in [1.54, 1.807) is 27.1 Å². The molecule has 0 bridgehead atoms. The normalized spacial score (nSPS) is 10.1. The van der Waals surface area contributed by atoms with Crippen LogP contribution in [-0.2, 0) is 15.2 Å². The smallest absolute Gasteiger partial charge is 0.411 e. The Labute approximate surface area is 128 Å². The maximum absolute atomic E-state index is 11.4. The number of rotatable bonds is 5. The number of ether oxygens (including phenoxy) is 1. The van der Waals surface area contributed by atoms with Gasteiger partial charge >= 0.3 is 16.6 Å². The monoisotopic (exact) mass is 334 g/mol. The summed E-state index contributed by atoms with van der Waals surface area (Å²) in [6, 6.07) is 4.55. The van der Waals surface area contributed by atoms with Crippen LogP contribution in [0.25, 0.3) is 0 Å². The van der Waals surface area contributed by atoms with Crippen LogP contribution in [0.15, 0.2) is 22.7 Å². The van der Waals surface area contributed by atoms with E-state index in [-0.39, 0.29) is 11.6 Å². The van der Waals surface area contributed by atoms with Crippen LogP contribution < -0.4 is 10.4 Å². The van der Waals surface area contributed by atoms with E-state index in [1.807, 2.05) is 0 Å². The minimum absolute atomic E-state index is 0.237. The zero-order valence-electron chi connectivity index (χ0n) is 11.7. The molecule has 10 heteroatoms. The van der Waals surface area contributed by atoms with Gasteiger partial charge in [0.25, 0.3) is 0 Å². The van der Waals surface area contributed by atoms with Crippen LogP contribution in [0.2, 0.25) is 5.02 Å². The Hall–Kier alpha value is -1.84. The first-order chi connectivity index (χ1) is 9.85. The minimum Gasteiger partial charge on any atom is -0.450 e. The number of carbonyl (C=O) groups is 1. The minimum atomic E-state index is -2.66. The van der Waals surface area contributed by atoms with Gasteiger partial charge in [-0.15, -0.1) is 0 Å². The van der Waals surface area contributed by atoms with Gasteiger partial charge in [-0.05, 0) is 29.6 Å². The summed E-state index contributed by atoms with van der Waals surface area (Å²) in [6.07, 6.45) is -0.619. The van der Waals surface area contributed by atoms with Crippen molar-refractivity contribution in [2.45, 2.75) is 6.92 Å². The lowest BCUT2D eigenvalue weighted by Gasteiger charge is -2.24. The van der Waals surface area contributed by atoms with Crippen molar-refractivity contribution in [2.24, 2.45) is 4.47 Å². The van der Waals surface area contributed by atoms with Gasteiger partial charge in [0.05, 0.1) is 17.3 Å². The van der Waals surface area contributed by atoms with Crippen LogP contribution in [-0.4, -0.2) is 40.2 Å². The second-order valence-electron chi connectivity index (χ2n) is 3.95. The van der Waals surface area contributed by atoms with Gasteiger partial charge in [0.1, 0.15) is 0 Å². The second-order valence-corrected chi connectivity index (χ2v) is 4.95. The van der Waals surface area contributed by atoms with E-state index < -0.39 is 16.6 Å². The number of carbonyl (C=O) groups excluding carboxylic acids is 1. The van der Waals surface area contributed by atoms with Gasteiger partial charge in [-0.1, -0.05) is 11.6 Å². The first kappa shape index (κ1) is 17.2. The molecule has 1 amide bonds. The summed E-state index contributed by atoms with van der Waals surface area (Å²) in [7, 11) is 0.534. The van der Waals surface area contributed by atoms with Gasteiger partial charge in [0, 0.05) is 19.8 Å². The largest absolute Gasteiger partial charge is 0.450 e. The zero-order valence-corrected chi connectivity index (χ0v) is 13.3. The van der Waals surface area contributed by atoms with Crippen molar-refractivity contribution in [2.75, 3.05) is 31.1 Å². The summed E-state index contributed by atoms with van der Waals surface area (Å²) in [4.78, 5) is 11.4. The molecule has 1 N–H and O–H groups in total. The lowest BCUT2D eigenvalue weighted by Crippen LogP contribution is -2.32. The third-order valence-electron chi connectivity index (χ3n) is 2.21. The van der Waals surface area contributed by atoms with E-state index in [4.69, 9.17) is 16.3 Å². The van der Waals surface area contributed by atoms with Gasteiger partial charge in [0.15, 0.2) is 0 Å². The third kappa shape index (κ3) is 5.21. The maximum atomic E-state index is 11.4. The number of amides is 1. The SMILES string of the molecule is CCOC(=O)Nc1ccc(Cl)c(N(N=S(=O)=O)N(C)C)c1. The van der Waals surface area contributed by atoms with E-state index in [9.17, 15) is 13.2 Å². The zero-order chi connectivity index (χ0) is 16.0. The molecule has 0 aromatic heterocycles. The van der Waals surface area contributed by atoms with Crippen LogP contribution in [0.1, 0.15) is 6.92 Å². The summed E-state index contributed by atoms with van der Waals surface area (Å²) in [5, 5.41) is 5.27. The van der Waals surface area contributed by atoms with Crippen molar-refractivity contribution in [3.05, 3.63) is 23.2 Å². The molecule has 116 valence electrons. The summed E-state index contributed by atoms with van der Waals surface area (Å²) >= 11 is 6.04. The molecule has 1 aromatic carbocycles. The molecule has 0 fully saturated rings. The molecule has 0 aliphatic carbocycles.